The summed E-state index contributed by atoms with van der Waals surface area (Å²) in [5.41, 5.74) is 7.87. The maximum atomic E-state index is 13.6. The lowest BCUT2D eigenvalue weighted by Crippen LogP contribution is -2.41. The lowest BCUT2D eigenvalue weighted by atomic mass is 10.1. The number of amides is 1. The third-order valence-corrected chi connectivity index (χ3v) is 4.55. The van der Waals surface area contributed by atoms with Crippen molar-refractivity contribution in [2.45, 2.75) is 6.92 Å². The second-order valence-electron chi connectivity index (χ2n) is 6.30. The standard InChI is InChI=1S/C18H17F2N5O2/c1-9-13(18(26)25-4-6-27-7-5-25)14-15(16(21)22-9)24-17(23-14)10-2-3-11(19)12(20)8-10/h2-3,8H,4-7H2,1H3,(H2,21,22)(H,23,24). The number of nitrogens with two attached hydrogens (primary N) is 1. The van der Waals surface area contributed by atoms with E-state index in [4.69, 9.17) is 10.5 Å². The highest BCUT2D eigenvalue weighted by atomic mass is 19.2. The van der Waals surface area contributed by atoms with Gasteiger partial charge in [0.25, 0.3) is 5.91 Å². The highest BCUT2D eigenvalue weighted by Gasteiger charge is 2.26. The Morgan fingerprint density at radius 2 is 1.96 bits per heavy atom. The number of nitrogens with zero attached hydrogens (tertiary/aromatic N) is 3. The van der Waals surface area contributed by atoms with Crippen molar-refractivity contribution in [3.63, 3.8) is 0 Å². The number of hydrogen-bond acceptors (Lipinski definition) is 5. The van der Waals surface area contributed by atoms with Gasteiger partial charge in [-0.25, -0.2) is 18.7 Å². The van der Waals surface area contributed by atoms with Gasteiger partial charge < -0.3 is 20.4 Å². The molecule has 0 saturated carbocycles. The van der Waals surface area contributed by atoms with Gasteiger partial charge in [-0.2, -0.15) is 0 Å². The van der Waals surface area contributed by atoms with E-state index in [9.17, 15) is 13.6 Å². The molecule has 7 nitrogen and oxygen atoms in total. The van der Waals surface area contributed by atoms with Crippen LogP contribution in [0.1, 0.15) is 16.1 Å². The number of rotatable bonds is 2. The van der Waals surface area contributed by atoms with E-state index < -0.39 is 11.6 Å². The van der Waals surface area contributed by atoms with Crippen LogP contribution in [-0.4, -0.2) is 52.1 Å². The number of ether oxygens (including phenoxy) is 1. The number of pyridine rings is 1. The first-order chi connectivity index (χ1) is 13.0. The second-order valence-corrected chi connectivity index (χ2v) is 6.30. The van der Waals surface area contributed by atoms with Crippen molar-refractivity contribution < 1.29 is 18.3 Å². The summed E-state index contributed by atoms with van der Waals surface area (Å²) in [7, 11) is 0. The summed E-state index contributed by atoms with van der Waals surface area (Å²) in [4.78, 5) is 26.4. The van der Waals surface area contributed by atoms with Gasteiger partial charge in [0, 0.05) is 18.7 Å². The van der Waals surface area contributed by atoms with E-state index in [1.807, 2.05) is 0 Å². The molecule has 3 N–H and O–H groups in total. The van der Waals surface area contributed by atoms with Crippen molar-refractivity contribution in [2.75, 3.05) is 32.0 Å². The Kier molecular flexibility index (Phi) is 4.23. The zero-order valence-electron chi connectivity index (χ0n) is 14.6. The van der Waals surface area contributed by atoms with Crippen LogP contribution in [0.5, 0.6) is 0 Å². The molecule has 1 saturated heterocycles. The molecule has 3 aromatic rings. The van der Waals surface area contributed by atoms with Crippen LogP contribution in [0.3, 0.4) is 0 Å². The molecule has 1 fully saturated rings. The van der Waals surface area contributed by atoms with E-state index in [2.05, 4.69) is 15.0 Å². The highest BCUT2D eigenvalue weighted by Crippen LogP contribution is 2.29. The number of carbonyl (C=O) groups excluding carboxylic acids is 1. The molecule has 0 aliphatic carbocycles. The summed E-state index contributed by atoms with van der Waals surface area (Å²) in [5.74, 6) is -1.69. The number of fused-ring (bicyclic) bond motifs is 1. The number of aromatic amines is 1. The number of carbonyl (C=O) groups is 1. The van der Waals surface area contributed by atoms with Crippen LogP contribution in [0, 0.1) is 18.6 Å². The molecule has 0 bridgehead atoms. The molecular formula is C18H17F2N5O2. The summed E-state index contributed by atoms with van der Waals surface area (Å²) in [5, 5.41) is 0. The Morgan fingerprint density at radius 3 is 2.67 bits per heavy atom. The number of benzene rings is 1. The van der Waals surface area contributed by atoms with Crippen LogP contribution in [-0.2, 0) is 4.74 Å². The Labute approximate surface area is 153 Å². The molecule has 1 aliphatic rings. The number of H-pyrrole nitrogens is 1. The van der Waals surface area contributed by atoms with Gasteiger partial charge >= 0.3 is 0 Å². The topological polar surface area (TPSA) is 97.1 Å². The molecule has 2 aromatic heterocycles. The summed E-state index contributed by atoms with van der Waals surface area (Å²) < 4.78 is 32.1. The van der Waals surface area contributed by atoms with Crippen LogP contribution in [0.25, 0.3) is 22.4 Å². The van der Waals surface area contributed by atoms with Gasteiger partial charge in [0.15, 0.2) is 11.6 Å². The van der Waals surface area contributed by atoms with Gasteiger partial charge in [0.05, 0.1) is 24.5 Å². The molecule has 0 spiro atoms. The fourth-order valence-corrected chi connectivity index (χ4v) is 3.16. The minimum atomic E-state index is -0.986. The predicted molar refractivity (Wildman–Crippen MR) is 95.1 cm³/mol. The van der Waals surface area contributed by atoms with E-state index >= 15 is 0 Å². The number of nitrogen functional groups attached to an aromatic ring is 1. The number of morpholine rings is 1. The zero-order valence-corrected chi connectivity index (χ0v) is 14.6. The predicted octanol–water partition coefficient (Wildman–Crippen LogP) is 2.27. The molecule has 1 aromatic carbocycles. The van der Waals surface area contributed by atoms with E-state index in [-0.39, 0.29) is 17.5 Å². The Hall–Kier alpha value is -3.07. The van der Waals surface area contributed by atoms with Crippen LogP contribution in [0.2, 0.25) is 0 Å². The first-order valence-electron chi connectivity index (χ1n) is 8.44. The van der Waals surface area contributed by atoms with Crippen molar-refractivity contribution in [1.82, 2.24) is 19.9 Å². The SMILES string of the molecule is Cc1nc(N)c2[nH]c(-c3ccc(F)c(F)c3)nc2c1C(=O)N1CCOCC1. The van der Waals surface area contributed by atoms with Gasteiger partial charge in [-0.15, -0.1) is 0 Å². The molecule has 4 rings (SSSR count). The van der Waals surface area contributed by atoms with Crippen LogP contribution in [0.15, 0.2) is 18.2 Å². The summed E-state index contributed by atoms with van der Waals surface area (Å²) in [6.45, 7) is 3.58. The fourth-order valence-electron chi connectivity index (χ4n) is 3.16. The smallest absolute Gasteiger partial charge is 0.258 e. The molecule has 27 heavy (non-hydrogen) atoms. The number of halogens is 2. The molecule has 1 amide bonds. The summed E-state index contributed by atoms with van der Waals surface area (Å²) >= 11 is 0. The average molecular weight is 373 g/mol. The molecule has 0 atom stereocenters. The second kappa shape index (κ2) is 6.58. The van der Waals surface area contributed by atoms with Gasteiger partial charge in [0.1, 0.15) is 22.7 Å². The van der Waals surface area contributed by atoms with Crippen molar-refractivity contribution >= 4 is 22.8 Å². The van der Waals surface area contributed by atoms with Crippen LogP contribution < -0.4 is 5.73 Å². The summed E-state index contributed by atoms with van der Waals surface area (Å²) in [6, 6.07) is 3.45. The Balaban J connectivity index is 1.85. The number of hydrogen-bond donors (Lipinski definition) is 2. The lowest BCUT2D eigenvalue weighted by molar-refractivity contribution is 0.0303. The van der Waals surface area contributed by atoms with Crippen molar-refractivity contribution in [2.24, 2.45) is 0 Å². The number of anilines is 1. The third kappa shape index (κ3) is 2.99. The molecular weight excluding hydrogens is 356 g/mol. The largest absolute Gasteiger partial charge is 0.382 e. The molecule has 0 radical (unpaired) electrons. The number of imidazole rings is 1. The Morgan fingerprint density at radius 1 is 1.22 bits per heavy atom. The quantitative estimate of drug-likeness (QED) is 0.718. The minimum absolute atomic E-state index is 0.183. The molecule has 1 aliphatic heterocycles. The fraction of sp³-hybridized carbons (Fsp3) is 0.278. The van der Waals surface area contributed by atoms with Gasteiger partial charge in [0.2, 0.25) is 0 Å². The van der Waals surface area contributed by atoms with E-state index in [1.165, 1.54) is 6.07 Å². The highest BCUT2D eigenvalue weighted by molar-refractivity contribution is 6.08. The minimum Gasteiger partial charge on any atom is -0.382 e. The normalized spacial score (nSPS) is 14.7. The van der Waals surface area contributed by atoms with Crippen molar-refractivity contribution in [1.29, 1.82) is 0 Å². The summed E-state index contributed by atoms with van der Waals surface area (Å²) in [6.07, 6.45) is 0. The number of nitrogens with one attached hydrogen (secondary N) is 1. The van der Waals surface area contributed by atoms with Crippen molar-refractivity contribution in [3.8, 4) is 11.4 Å². The van der Waals surface area contributed by atoms with Gasteiger partial charge in [-0.05, 0) is 25.1 Å². The van der Waals surface area contributed by atoms with Crippen molar-refractivity contribution in [3.05, 3.63) is 41.1 Å². The number of aryl methyl sites for hydroxylation is 1. The molecule has 0 unspecified atom stereocenters. The Bertz CT molecular complexity index is 1040. The van der Waals surface area contributed by atoms with E-state index in [1.54, 1.807) is 11.8 Å². The first-order valence-corrected chi connectivity index (χ1v) is 8.44. The number of aromatic nitrogens is 3. The third-order valence-electron chi connectivity index (χ3n) is 4.55. The van der Waals surface area contributed by atoms with Gasteiger partial charge in [-0.1, -0.05) is 0 Å². The molecule has 140 valence electrons. The maximum Gasteiger partial charge on any atom is 0.258 e. The molecule has 3 heterocycles. The van der Waals surface area contributed by atoms with E-state index in [0.29, 0.717) is 54.2 Å². The monoisotopic (exact) mass is 373 g/mol. The molecule has 9 heteroatoms. The van der Waals surface area contributed by atoms with Crippen LogP contribution in [0.4, 0.5) is 14.6 Å². The first kappa shape index (κ1) is 17.3. The lowest BCUT2D eigenvalue weighted by Gasteiger charge is -2.27. The zero-order chi connectivity index (χ0) is 19.1. The van der Waals surface area contributed by atoms with Crippen LogP contribution >= 0.6 is 0 Å². The van der Waals surface area contributed by atoms with E-state index in [0.717, 1.165) is 12.1 Å². The maximum absolute atomic E-state index is 13.6. The van der Waals surface area contributed by atoms with Gasteiger partial charge in [-0.3, -0.25) is 4.79 Å². The average Bonchev–Trinajstić information content (AvgIpc) is 3.10.